The van der Waals surface area contributed by atoms with Crippen LogP contribution < -0.4 is 0 Å². The molecule has 0 saturated heterocycles. The summed E-state index contributed by atoms with van der Waals surface area (Å²) >= 11 is 3.32. The van der Waals surface area contributed by atoms with Gasteiger partial charge >= 0.3 is 0 Å². The molecule has 0 aliphatic rings. The number of carbonyl (C=O) groups excluding carboxylic acids is 1. The fraction of sp³-hybridized carbons (Fsp3) is 0.125. The van der Waals surface area contributed by atoms with E-state index in [2.05, 4.69) is 26.1 Å². The van der Waals surface area contributed by atoms with Crippen molar-refractivity contribution in [2.24, 2.45) is 0 Å². The van der Waals surface area contributed by atoms with E-state index in [1.807, 2.05) is 12.1 Å². The van der Waals surface area contributed by atoms with Gasteiger partial charge in [0.05, 0.1) is 4.47 Å². The van der Waals surface area contributed by atoms with Crippen LogP contribution in [0.4, 0.5) is 0 Å². The number of nitrogens with zero attached hydrogens (tertiary/aromatic N) is 3. The van der Waals surface area contributed by atoms with Crippen molar-refractivity contribution in [2.75, 3.05) is 0 Å². The van der Waals surface area contributed by atoms with Gasteiger partial charge in [0.2, 0.25) is 5.82 Å². The molecule has 5 heteroatoms. The Morgan fingerprint density at radius 3 is 3.00 bits per heavy atom. The number of carbonyl (C=O) groups is 1. The zero-order valence-corrected chi connectivity index (χ0v) is 8.45. The minimum atomic E-state index is -0.0920. The molecule has 2 aromatic heterocycles. The van der Waals surface area contributed by atoms with E-state index in [4.69, 9.17) is 0 Å². The van der Waals surface area contributed by atoms with Crippen LogP contribution in [0.1, 0.15) is 17.5 Å². The molecule has 2 rings (SSSR count). The second-order valence-corrected chi connectivity index (χ2v) is 3.48. The largest absolute Gasteiger partial charge is 0.291 e. The molecule has 13 heavy (non-hydrogen) atoms. The molecule has 0 N–H and O–H groups in total. The van der Waals surface area contributed by atoms with Crippen molar-refractivity contribution in [3.05, 3.63) is 28.6 Å². The van der Waals surface area contributed by atoms with Crippen LogP contribution in [0.25, 0.3) is 5.65 Å². The summed E-state index contributed by atoms with van der Waals surface area (Å²) in [6, 6.07) is 3.68. The lowest BCUT2D eigenvalue weighted by Gasteiger charge is -1.95. The van der Waals surface area contributed by atoms with Crippen LogP contribution in [0.2, 0.25) is 0 Å². The number of ketones is 1. The quantitative estimate of drug-likeness (QED) is 0.712. The molecule has 0 saturated carbocycles. The Kier molecular flexibility index (Phi) is 1.88. The van der Waals surface area contributed by atoms with Gasteiger partial charge in [-0.2, -0.15) is 0 Å². The third-order valence-electron chi connectivity index (χ3n) is 1.70. The van der Waals surface area contributed by atoms with Crippen molar-refractivity contribution in [3.63, 3.8) is 0 Å². The Morgan fingerprint density at radius 2 is 2.31 bits per heavy atom. The van der Waals surface area contributed by atoms with Crippen LogP contribution in [0, 0.1) is 0 Å². The first-order valence-electron chi connectivity index (χ1n) is 3.70. The van der Waals surface area contributed by atoms with Gasteiger partial charge in [-0.1, -0.05) is 0 Å². The van der Waals surface area contributed by atoms with Gasteiger partial charge in [0.25, 0.3) is 0 Å². The van der Waals surface area contributed by atoms with Crippen LogP contribution in [0.15, 0.2) is 22.8 Å². The van der Waals surface area contributed by atoms with E-state index < -0.39 is 0 Å². The molecule has 0 atom stereocenters. The van der Waals surface area contributed by atoms with Crippen LogP contribution >= 0.6 is 15.9 Å². The smallest absolute Gasteiger partial charge is 0.204 e. The van der Waals surface area contributed by atoms with Gasteiger partial charge in [0.1, 0.15) is 0 Å². The predicted molar refractivity (Wildman–Crippen MR) is 50.7 cm³/mol. The Balaban J connectivity index is 2.83. The molecule has 0 fully saturated rings. The van der Waals surface area contributed by atoms with E-state index in [-0.39, 0.29) is 5.78 Å². The van der Waals surface area contributed by atoms with E-state index in [0.717, 1.165) is 4.47 Å². The van der Waals surface area contributed by atoms with Crippen LogP contribution in [-0.4, -0.2) is 20.4 Å². The number of rotatable bonds is 1. The van der Waals surface area contributed by atoms with Crippen molar-refractivity contribution in [2.45, 2.75) is 6.92 Å². The molecule has 0 spiro atoms. The number of hydrogen-bond acceptors (Lipinski definition) is 3. The van der Waals surface area contributed by atoms with Crippen LogP contribution in [0.5, 0.6) is 0 Å². The highest BCUT2D eigenvalue weighted by atomic mass is 79.9. The zero-order valence-electron chi connectivity index (χ0n) is 6.86. The lowest BCUT2D eigenvalue weighted by atomic mass is 10.4. The molecule has 0 amide bonds. The van der Waals surface area contributed by atoms with E-state index in [1.165, 1.54) is 6.92 Å². The molecule has 0 aromatic carbocycles. The van der Waals surface area contributed by atoms with E-state index in [9.17, 15) is 4.79 Å². The first-order chi connectivity index (χ1) is 6.20. The fourth-order valence-corrected chi connectivity index (χ4v) is 1.55. The molecular weight excluding hydrogens is 234 g/mol. The third kappa shape index (κ3) is 1.25. The summed E-state index contributed by atoms with van der Waals surface area (Å²) in [5.74, 6) is 0.266. The van der Waals surface area contributed by atoms with Crippen molar-refractivity contribution in [1.82, 2.24) is 14.6 Å². The van der Waals surface area contributed by atoms with Gasteiger partial charge < -0.3 is 0 Å². The van der Waals surface area contributed by atoms with Crippen molar-refractivity contribution in [3.8, 4) is 0 Å². The number of pyridine rings is 1. The second kappa shape index (κ2) is 2.92. The second-order valence-electron chi connectivity index (χ2n) is 2.63. The molecule has 0 radical (unpaired) electrons. The highest BCUT2D eigenvalue weighted by molar-refractivity contribution is 9.10. The zero-order chi connectivity index (χ0) is 9.42. The van der Waals surface area contributed by atoms with Gasteiger partial charge in [0, 0.05) is 13.1 Å². The Labute approximate surface area is 82.7 Å². The summed E-state index contributed by atoms with van der Waals surface area (Å²) in [6.07, 6.45) is 1.76. The van der Waals surface area contributed by atoms with E-state index in [0.29, 0.717) is 11.5 Å². The fourth-order valence-electron chi connectivity index (χ4n) is 1.12. The lowest BCUT2D eigenvalue weighted by Crippen LogP contribution is -1.99. The molecule has 2 heterocycles. The first-order valence-corrected chi connectivity index (χ1v) is 4.49. The maximum atomic E-state index is 11.1. The maximum absolute atomic E-state index is 11.1. The monoisotopic (exact) mass is 239 g/mol. The molecule has 2 aromatic rings. The normalized spacial score (nSPS) is 10.6. The summed E-state index contributed by atoms with van der Waals surface area (Å²) in [6.45, 7) is 1.47. The SMILES string of the molecule is CC(=O)c1nnc2c(Br)cccn12. The number of aromatic nitrogens is 3. The lowest BCUT2D eigenvalue weighted by molar-refractivity contribution is 0.100. The average molecular weight is 240 g/mol. The Hall–Kier alpha value is -1.23. The summed E-state index contributed by atoms with van der Waals surface area (Å²) in [5.41, 5.74) is 0.660. The summed E-state index contributed by atoms with van der Waals surface area (Å²) < 4.78 is 2.49. The summed E-state index contributed by atoms with van der Waals surface area (Å²) in [7, 11) is 0. The number of Topliss-reactive ketones (excluding diaryl/α,β-unsaturated/α-hetero) is 1. The minimum Gasteiger partial charge on any atom is -0.291 e. The van der Waals surface area contributed by atoms with Crippen LogP contribution in [-0.2, 0) is 0 Å². The van der Waals surface area contributed by atoms with Gasteiger partial charge in [0.15, 0.2) is 11.4 Å². The van der Waals surface area contributed by atoms with E-state index >= 15 is 0 Å². The number of hydrogen-bond donors (Lipinski definition) is 0. The minimum absolute atomic E-state index is 0.0920. The van der Waals surface area contributed by atoms with Crippen molar-refractivity contribution in [1.29, 1.82) is 0 Å². The molecular formula is C8H6BrN3O. The maximum Gasteiger partial charge on any atom is 0.204 e. The van der Waals surface area contributed by atoms with Crippen molar-refractivity contribution >= 4 is 27.4 Å². The predicted octanol–water partition coefficient (Wildman–Crippen LogP) is 1.69. The highest BCUT2D eigenvalue weighted by Crippen LogP contribution is 2.15. The van der Waals surface area contributed by atoms with Gasteiger partial charge in [-0.25, -0.2) is 0 Å². The first kappa shape index (κ1) is 8.37. The average Bonchev–Trinajstić information content (AvgIpc) is 2.48. The summed E-state index contributed by atoms with van der Waals surface area (Å²) in [4.78, 5) is 11.1. The van der Waals surface area contributed by atoms with Gasteiger partial charge in [-0.3, -0.25) is 9.20 Å². The van der Waals surface area contributed by atoms with Gasteiger partial charge in [-0.15, -0.1) is 10.2 Å². The molecule has 0 unspecified atom stereocenters. The molecule has 66 valence electrons. The summed E-state index contributed by atoms with van der Waals surface area (Å²) in [5, 5.41) is 7.67. The number of halogens is 1. The molecule has 0 bridgehead atoms. The Morgan fingerprint density at radius 1 is 1.54 bits per heavy atom. The molecule has 4 nitrogen and oxygen atoms in total. The topological polar surface area (TPSA) is 47.3 Å². The van der Waals surface area contributed by atoms with Gasteiger partial charge in [-0.05, 0) is 28.1 Å². The van der Waals surface area contributed by atoms with Crippen LogP contribution in [0.3, 0.4) is 0 Å². The highest BCUT2D eigenvalue weighted by Gasteiger charge is 2.10. The van der Waals surface area contributed by atoms with Crippen molar-refractivity contribution < 1.29 is 4.79 Å². The number of fused-ring (bicyclic) bond motifs is 1. The molecule has 0 aliphatic carbocycles. The Bertz CT molecular complexity index is 477. The van der Waals surface area contributed by atoms with E-state index in [1.54, 1.807) is 10.6 Å². The third-order valence-corrected chi connectivity index (χ3v) is 2.32. The standard InChI is InChI=1S/C8H6BrN3O/c1-5(13)7-10-11-8-6(9)3-2-4-12(7)8/h2-4H,1H3. The molecule has 0 aliphatic heterocycles.